The van der Waals surface area contributed by atoms with Gasteiger partial charge in [-0.15, -0.1) is 11.3 Å². The summed E-state index contributed by atoms with van der Waals surface area (Å²) in [4.78, 5) is 13.9. The molecule has 2 N–H and O–H groups in total. The van der Waals surface area contributed by atoms with Crippen LogP contribution in [0.1, 0.15) is 28.1 Å². The number of hydrogen-bond donors (Lipinski definition) is 1. The van der Waals surface area contributed by atoms with Crippen molar-refractivity contribution in [1.29, 1.82) is 0 Å². The molecule has 2 atom stereocenters. The van der Waals surface area contributed by atoms with Gasteiger partial charge in [0, 0.05) is 31.2 Å². The highest BCUT2D eigenvalue weighted by Gasteiger charge is 2.43. The van der Waals surface area contributed by atoms with Crippen LogP contribution >= 0.6 is 27.3 Å². The monoisotopic (exact) mass is 424 g/mol. The number of esters is 1. The summed E-state index contributed by atoms with van der Waals surface area (Å²) in [5.74, 6) is -3.40. The van der Waals surface area contributed by atoms with E-state index < -0.39 is 30.9 Å². The Labute approximate surface area is 151 Å². The van der Waals surface area contributed by atoms with Crippen molar-refractivity contribution in [2.75, 3.05) is 31.7 Å². The lowest BCUT2D eigenvalue weighted by Crippen LogP contribution is -2.51. The lowest BCUT2D eigenvalue weighted by atomic mass is 9.99. The van der Waals surface area contributed by atoms with Crippen molar-refractivity contribution in [3.63, 3.8) is 0 Å². The molecule has 134 valence electrons. The summed E-state index contributed by atoms with van der Waals surface area (Å²) < 4.78 is 39.3. The predicted molar refractivity (Wildman–Crippen MR) is 91.2 cm³/mol. The second-order valence-electron chi connectivity index (χ2n) is 6.15. The summed E-state index contributed by atoms with van der Waals surface area (Å²) in [6.45, 7) is 0.394. The number of anilines is 1. The molecule has 24 heavy (non-hydrogen) atoms. The number of fused-ring (bicyclic) bond motifs is 1. The van der Waals surface area contributed by atoms with E-state index in [2.05, 4.69) is 15.9 Å². The zero-order valence-electron chi connectivity index (χ0n) is 13.2. The summed E-state index contributed by atoms with van der Waals surface area (Å²) in [6.07, 6.45) is 1.22. The summed E-state index contributed by atoms with van der Waals surface area (Å²) >= 11 is 4.43. The van der Waals surface area contributed by atoms with E-state index in [1.54, 1.807) is 0 Å². The minimum absolute atomic E-state index is 0.132. The highest BCUT2D eigenvalue weighted by Crippen LogP contribution is 2.46. The molecule has 0 aromatic carbocycles. The Kier molecular flexibility index (Phi) is 5.15. The maximum atomic E-state index is 14.2. The van der Waals surface area contributed by atoms with Crippen LogP contribution in [0, 0.1) is 0 Å². The third kappa shape index (κ3) is 3.44. The van der Waals surface area contributed by atoms with Crippen molar-refractivity contribution in [2.24, 2.45) is 5.73 Å². The van der Waals surface area contributed by atoms with E-state index in [1.807, 2.05) is 0 Å². The topological polar surface area (TPSA) is 64.8 Å². The highest BCUT2D eigenvalue weighted by atomic mass is 79.9. The maximum absolute atomic E-state index is 14.2. The molecule has 1 saturated heterocycles. The van der Waals surface area contributed by atoms with Gasteiger partial charge < -0.3 is 20.1 Å². The molecule has 0 radical (unpaired) electrons. The lowest BCUT2D eigenvalue weighted by molar-refractivity contribution is 0.00378. The summed E-state index contributed by atoms with van der Waals surface area (Å²) in [7, 11) is 1.28. The molecule has 0 bridgehead atoms. The lowest BCUT2D eigenvalue weighted by Gasteiger charge is -2.37. The third-order valence-corrected chi connectivity index (χ3v) is 6.30. The van der Waals surface area contributed by atoms with Gasteiger partial charge in [-0.3, -0.25) is 0 Å². The number of hydrogen-bond acceptors (Lipinski definition) is 6. The van der Waals surface area contributed by atoms with Gasteiger partial charge in [0.25, 0.3) is 5.92 Å². The van der Waals surface area contributed by atoms with E-state index in [4.69, 9.17) is 15.2 Å². The first kappa shape index (κ1) is 18.0. The molecule has 1 aromatic rings. The molecular weight excluding hydrogens is 406 g/mol. The summed E-state index contributed by atoms with van der Waals surface area (Å²) in [5.41, 5.74) is 7.14. The Balaban J connectivity index is 1.93. The second kappa shape index (κ2) is 6.86. The Bertz CT molecular complexity index is 634. The molecule has 5 nitrogen and oxygen atoms in total. The maximum Gasteiger partial charge on any atom is 0.350 e. The molecule has 1 unspecified atom stereocenters. The number of carbonyl (C=O) groups is 1. The Morgan fingerprint density at radius 1 is 1.62 bits per heavy atom. The molecule has 2 aliphatic rings. The fourth-order valence-corrected chi connectivity index (χ4v) is 5.09. The third-order valence-electron chi connectivity index (χ3n) is 4.35. The molecule has 0 spiro atoms. The number of halogens is 3. The van der Waals surface area contributed by atoms with E-state index in [9.17, 15) is 13.6 Å². The Morgan fingerprint density at radius 2 is 2.38 bits per heavy atom. The van der Waals surface area contributed by atoms with E-state index in [-0.39, 0.29) is 12.6 Å². The first-order valence-electron chi connectivity index (χ1n) is 7.72. The van der Waals surface area contributed by atoms with Gasteiger partial charge in [0.2, 0.25) is 0 Å². The van der Waals surface area contributed by atoms with Crippen molar-refractivity contribution in [1.82, 2.24) is 0 Å². The predicted octanol–water partition coefficient (Wildman–Crippen LogP) is 2.80. The average molecular weight is 425 g/mol. The molecule has 1 aromatic heterocycles. The van der Waals surface area contributed by atoms with Crippen LogP contribution in [0.25, 0.3) is 0 Å². The smallest absolute Gasteiger partial charge is 0.350 e. The highest BCUT2D eigenvalue weighted by molar-refractivity contribution is 9.11. The van der Waals surface area contributed by atoms with Crippen molar-refractivity contribution in [3.8, 4) is 0 Å². The Hall–Kier alpha value is -0.770. The van der Waals surface area contributed by atoms with Gasteiger partial charge in [-0.1, -0.05) is 0 Å². The van der Waals surface area contributed by atoms with E-state index in [1.165, 1.54) is 12.0 Å². The van der Waals surface area contributed by atoms with Crippen LogP contribution in [0.3, 0.4) is 0 Å². The molecular formula is C15H19BrF2N2O3S. The van der Waals surface area contributed by atoms with E-state index in [0.717, 1.165) is 24.2 Å². The molecule has 3 heterocycles. The quantitative estimate of drug-likeness (QED) is 0.752. The zero-order chi connectivity index (χ0) is 17.5. The van der Waals surface area contributed by atoms with Gasteiger partial charge in [0.1, 0.15) is 4.88 Å². The minimum atomic E-state index is -2.87. The average Bonchev–Trinajstić information content (AvgIpc) is 3.14. The van der Waals surface area contributed by atoms with Crippen molar-refractivity contribution < 1.29 is 23.0 Å². The fourth-order valence-electron chi connectivity index (χ4n) is 3.29. The van der Waals surface area contributed by atoms with Crippen molar-refractivity contribution in [2.45, 2.75) is 37.3 Å². The molecule has 1 fully saturated rings. The van der Waals surface area contributed by atoms with Gasteiger partial charge >= 0.3 is 5.97 Å². The SMILES string of the molecule is COC(=O)c1sc(Br)c2c1N(CC(N)[C@H]1CCCO1)CC(F)(F)C2. The Morgan fingerprint density at radius 3 is 3.00 bits per heavy atom. The van der Waals surface area contributed by atoms with Crippen molar-refractivity contribution >= 4 is 38.9 Å². The van der Waals surface area contributed by atoms with Crippen LogP contribution < -0.4 is 10.6 Å². The molecule has 0 amide bonds. The first-order chi connectivity index (χ1) is 11.3. The number of nitrogens with zero attached hydrogens (tertiary/aromatic N) is 1. The number of ether oxygens (including phenoxy) is 2. The molecule has 9 heteroatoms. The van der Waals surface area contributed by atoms with Crippen LogP contribution in [0.2, 0.25) is 0 Å². The second-order valence-corrected chi connectivity index (χ2v) is 8.49. The normalized spacial score (nSPS) is 23.9. The van der Waals surface area contributed by atoms with Gasteiger partial charge in [0.05, 0.1) is 29.2 Å². The van der Waals surface area contributed by atoms with Crippen LogP contribution in [0.4, 0.5) is 14.5 Å². The fraction of sp³-hybridized carbons (Fsp3) is 0.667. The number of methoxy groups -OCH3 is 1. The van der Waals surface area contributed by atoms with Gasteiger partial charge in [0.15, 0.2) is 0 Å². The first-order valence-corrected chi connectivity index (χ1v) is 9.33. The van der Waals surface area contributed by atoms with Crippen LogP contribution in [-0.4, -0.2) is 50.8 Å². The van der Waals surface area contributed by atoms with Crippen LogP contribution in [0.5, 0.6) is 0 Å². The van der Waals surface area contributed by atoms with E-state index >= 15 is 0 Å². The summed E-state index contributed by atoms with van der Waals surface area (Å²) in [5, 5.41) is 0. The minimum Gasteiger partial charge on any atom is -0.465 e. The number of alkyl halides is 2. The molecule has 2 aliphatic heterocycles. The number of rotatable bonds is 4. The van der Waals surface area contributed by atoms with Crippen molar-refractivity contribution in [3.05, 3.63) is 14.2 Å². The molecule has 0 saturated carbocycles. The van der Waals surface area contributed by atoms with Gasteiger partial charge in [-0.05, 0) is 28.8 Å². The van der Waals surface area contributed by atoms with Gasteiger partial charge in [-0.25, -0.2) is 13.6 Å². The van der Waals surface area contributed by atoms with E-state index in [0.29, 0.717) is 26.5 Å². The zero-order valence-corrected chi connectivity index (χ0v) is 15.6. The number of nitrogens with two attached hydrogens (primary N) is 1. The van der Waals surface area contributed by atoms with Crippen LogP contribution in [0.15, 0.2) is 3.79 Å². The number of thiophene rings is 1. The molecule has 3 rings (SSSR count). The van der Waals surface area contributed by atoms with Crippen LogP contribution in [-0.2, 0) is 15.9 Å². The standard InChI is InChI=1S/C15H19BrF2N2O3S/c1-22-14(21)12-11-8(13(16)24-12)5-15(17,18)7-20(11)6-9(19)10-3-2-4-23-10/h9-10H,2-7,19H2,1H3/t9?,10-/m1/s1. The number of carbonyl (C=O) groups excluding carboxylic acids is 1. The largest absolute Gasteiger partial charge is 0.465 e. The summed E-state index contributed by atoms with van der Waals surface area (Å²) in [6, 6.07) is -0.390. The molecule has 0 aliphatic carbocycles. The van der Waals surface area contributed by atoms with Gasteiger partial charge in [-0.2, -0.15) is 0 Å².